The third kappa shape index (κ3) is 3.38. The number of benzene rings is 1. The number of hydrogen-bond acceptors (Lipinski definition) is 3. The van der Waals surface area contributed by atoms with Crippen LogP contribution in [-0.2, 0) is 6.42 Å². The van der Waals surface area contributed by atoms with Gasteiger partial charge in [0.15, 0.2) is 11.6 Å². The van der Waals surface area contributed by atoms with Crippen molar-refractivity contribution in [2.24, 2.45) is 0 Å². The summed E-state index contributed by atoms with van der Waals surface area (Å²) in [5, 5.41) is 4.09. The molecule has 0 saturated heterocycles. The maximum absolute atomic E-state index is 13.4. The third-order valence-electron chi connectivity index (χ3n) is 3.19. The lowest BCUT2D eigenvalue weighted by atomic mass is 10.2. The molecule has 0 saturated carbocycles. The second-order valence-corrected chi connectivity index (χ2v) is 5.30. The molecule has 0 aliphatic carbocycles. The number of nitrogens with zero attached hydrogens (tertiary/aromatic N) is 4. The van der Waals surface area contributed by atoms with Crippen molar-refractivity contribution in [1.82, 2.24) is 19.7 Å². The Bertz CT molecular complexity index is 864. The van der Waals surface area contributed by atoms with Crippen LogP contribution < -0.4 is 0 Å². The highest BCUT2D eigenvalue weighted by Crippen LogP contribution is 2.23. The van der Waals surface area contributed by atoms with Gasteiger partial charge in [0, 0.05) is 18.5 Å². The van der Waals surface area contributed by atoms with Gasteiger partial charge in [-0.3, -0.25) is 0 Å². The lowest BCUT2D eigenvalue weighted by Gasteiger charge is -2.07. The van der Waals surface area contributed by atoms with Crippen LogP contribution in [0.3, 0.4) is 0 Å². The predicted molar refractivity (Wildman–Crippen MR) is 78.3 cm³/mol. The van der Waals surface area contributed by atoms with Crippen molar-refractivity contribution < 1.29 is 17.6 Å². The van der Waals surface area contributed by atoms with E-state index >= 15 is 0 Å². The SMILES string of the molecule is Fc1ccc(-n2nc(C(F)F)cc2Cc2ncc(Cl)cn2)cc1F. The molecule has 0 unspecified atom stereocenters. The monoisotopic (exact) mass is 356 g/mol. The minimum Gasteiger partial charge on any atom is -0.239 e. The maximum Gasteiger partial charge on any atom is 0.282 e. The van der Waals surface area contributed by atoms with E-state index in [4.69, 9.17) is 11.6 Å². The van der Waals surface area contributed by atoms with Gasteiger partial charge in [-0.1, -0.05) is 11.6 Å². The maximum atomic E-state index is 13.4. The fourth-order valence-electron chi connectivity index (χ4n) is 2.11. The summed E-state index contributed by atoms with van der Waals surface area (Å²) in [6.45, 7) is 0. The van der Waals surface area contributed by atoms with Gasteiger partial charge in [-0.2, -0.15) is 5.10 Å². The average molecular weight is 357 g/mol. The molecule has 124 valence electrons. The molecule has 3 aromatic rings. The van der Waals surface area contributed by atoms with E-state index in [1.165, 1.54) is 24.5 Å². The fraction of sp³-hybridized carbons (Fsp3) is 0.133. The number of hydrogen-bond donors (Lipinski definition) is 0. The first-order valence-electron chi connectivity index (χ1n) is 6.73. The minimum absolute atomic E-state index is 0.0654. The smallest absolute Gasteiger partial charge is 0.239 e. The van der Waals surface area contributed by atoms with Gasteiger partial charge in [-0.15, -0.1) is 0 Å². The summed E-state index contributed by atoms with van der Waals surface area (Å²) in [7, 11) is 0. The molecular formula is C15H9ClF4N4. The van der Waals surface area contributed by atoms with Crippen LogP contribution in [0.5, 0.6) is 0 Å². The van der Waals surface area contributed by atoms with E-state index in [0.29, 0.717) is 16.5 Å². The van der Waals surface area contributed by atoms with Crippen molar-refractivity contribution in [2.75, 3.05) is 0 Å². The Morgan fingerprint density at radius 3 is 2.38 bits per heavy atom. The highest BCUT2D eigenvalue weighted by atomic mass is 35.5. The zero-order valence-corrected chi connectivity index (χ0v) is 12.7. The Labute approximate surface area is 138 Å². The standard InChI is InChI=1S/C15H9ClF4N4/c16-8-6-21-14(22-7-8)5-10-4-13(15(19)20)23-24(10)9-1-2-11(17)12(18)3-9/h1-4,6-7,15H,5H2. The lowest BCUT2D eigenvalue weighted by molar-refractivity contribution is 0.145. The molecule has 2 heterocycles. The van der Waals surface area contributed by atoms with Crippen LogP contribution >= 0.6 is 11.6 Å². The summed E-state index contributed by atoms with van der Waals surface area (Å²) in [6.07, 6.45) is 0.00356. The van der Waals surface area contributed by atoms with Crippen LogP contribution in [-0.4, -0.2) is 19.7 Å². The van der Waals surface area contributed by atoms with Gasteiger partial charge in [-0.25, -0.2) is 32.2 Å². The van der Waals surface area contributed by atoms with E-state index in [1.807, 2.05) is 0 Å². The van der Waals surface area contributed by atoms with Gasteiger partial charge in [0.2, 0.25) is 0 Å². The minimum atomic E-state index is -2.80. The summed E-state index contributed by atoms with van der Waals surface area (Å²) < 4.78 is 53.5. The van der Waals surface area contributed by atoms with Crippen LogP contribution in [0, 0.1) is 11.6 Å². The molecule has 24 heavy (non-hydrogen) atoms. The summed E-state index contributed by atoms with van der Waals surface area (Å²) in [5.74, 6) is -1.82. The average Bonchev–Trinajstić information content (AvgIpc) is 2.96. The second kappa shape index (κ2) is 6.56. The Morgan fingerprint density at radius 2 is 1.75 bits per heavy atom. The van der Waals surface area contributed by atoms with Crippen molar-refractivity contribution in [2.45, 2.75) is 12.8 Å². The molecule has 2 aromatic heterocycles. The summed E-state index contributed by atoms with van der Waals surface area (Å²) in [4.78, 5) is 7.98. The topological polar surface area (TPSA) is 43.6 Å². The lowest BCUT2D eigenvalue weighted by Crippen LogP contribution is -2.06. The Morgan fingerprint density at radius 1 is 1.04 bits per heavy atom. The summed E-state index contributed by atoms with van der Waals surface area (Å²) in [6, 6.07) is 4.19. The molecule has 0 N–H and O–H groups in total. The zero-order chi connectivity index (χ0) is 17.3. The van der Waals surface area contributed by atoms with E-state index in [9.17, 15) is 17.6 Å². The van der Waals surface area contributed by atoms with Gasteiger partial charge in [0.05, 0.1) is 22.8 Å². The summed E-state index contributed by atoms with van der Waals surface area (Å²) in [5.41, 5.74) is -0.0629. The fourth-order valence-corrected chi connectivity index (χ4v) is 2.20. The van der Waals surface area contributed by atoms with Crippen molar-refractivity contribution in [3.63, 3.8) is 0 Å². The van der Waals surface area contributed by atoms with Gasteiger partial charge in [0.1, 0.15) is 11.5 Å². The van der Waals surface area contributed by atoms with E-state index in [1.54, 1.807) is 0 Å². The number of halogens is 5. The highest BCUT2D eigenvalue weighted by molar-refractivity contribution is 6.30. The number of rotatable bonds is 4. The molecule has 0 bridgehead atoms. The molecule has 1 aromatic carbocycles. The zero-order valence-electron chi connectivity index (χ0n) is 11.9. The molecule has 3 rings (SSSR count). The molecule has 0 aliphatic rings. The van der Waals surface area contributed by atoms with E-state index in [-0.39, 0.29) is 12.1 Å². The van der Waals surface area contributed by atoms with Gasteiger partial charge in [-0.05, 0) is 18.2 Å². The predicted octanol–water partition coefficient (Wildman–Crippen LogP) is 4.12. The summed E-state index contributed by atoms with van der Waals surface area (Å²) >= 11 is 5.70. The van der Waals surface area contributed by atoms with Gasteiger partial charge in [0.25, 0.3) is 6.43 Å². The van der Waals surface area contributed by atoms with Crippen LogP contribution in [0.2, 0.25) is 5.02 Å². The van der Waals surface area contributed by atoms with Crippen LogP contribution in [0.4, 0.5) is 17.6 Å². The normalized spacial score (nSPS) is 11.2. The van der Waals surface area contributed by atoms with Crippen LogP contribution in [0.15, 0.2) is 36.7 Å². The largest absolute Gasteiger partial charge is 0.282 e. The molecule has 9 heteroatoms. The quantitative estimate of drug-likeness (QED) is 0.660. The molecule has 0 amide bonds. The van der Waals surface area contributed by atoms with Gasteiger partial charge >= 0.3 is 0 Å². The number of alkyl halides is 2. The van der Waals surface area contributed by atoms with E-state index in [0.717, 1.165) is 16.8 Å². The Balaban J connectivity index is 2.03. The van der Waals surface area contributed by atoms with Crippen molar-refractivity contribution >= 4 is 11.6 Å². The first-order chi connectivity index (χ1) is 11.4. The molecule has 0 atom stereocenters. The number of aromatic nitrogens is 4. The third-order valence-corrected chi connectivity index (χ3v) is 3.38. The molecule has 0 fully saturated rings. The Kier molecular flexibility index (Phi) is 4.48. The van der Waals surface area contributed by atoms with Crippen LogP contribution in [0.25, 0.3) is 5.69 Å². The molecule has 4 nitrogen and oxygen atoms in total. The van der Waals surface area contributed by atoms with Crippen LogP contribution in [0.1, 0.15) is 23.6 Å². The highest BCUT2D eigenvalue weighted by Gasteiger charge is 2.18. The second-order valence-electron chi connectivity index (χ2n) is 4.87. The molecule has 0 radical (unpaired) electrons. The van der Waals surface area contributed by atoms with Crippen molar-refractivity contribution in [3.8, 4) is 5.69 Å². The Hall–Kier alpha value is -2.48. The van der Waals surface area contributed by atoms with E-state index in [2.05, 4.69) is 15.1 Å². The molecule has 0 aliphatic heterocycles. The first-order valence-corrected chi connectivity index (χ1v) is 7.10. The molecule has 0 spiro atoms. The van der Waals surface area contributed by atoms with Crippen molar-refractivity contribution in [1.29, 1.82) is 0 Å². The van der Waals surface area contributed by atoms with Gasteiger partial charge < -0.3 is 0 Å². The van der Waals surface area contributed by atoms with Crippen molar-refractivity contribution in [3.05, 3.63) is 70.5 Å². The van der Waals surface area contributed by atoms with E-state index < -0.39 is 23.8 Å². The molecular weight excluding hydrogens is 348 g/mol. The first kappa shape index (κ1) is 16.4.